The molecule has 0 bridgehead atoms. The second-order valence-electron chi connectivity index (χ2n) is 6.41. The molecule has 1 aliphatic heterocycles. The average molecular weight is 382 g/mol. The third-order valence-corrected chi connectivity index (χ3v) is 5.35. The Bertz CT molecular complexity index is 802. The number of carbonyl (C=O) groups is 3. The summed E-state index contributed by atoms with van der Waals surface area (Å²) in [5.41, 5.74) is 1.67. The van der Waals surface area contributed by atoms with Crippen molar-refractivity contribution in [1.29, 1.82) is 0 Å². The number of amides is 1. The van der Waals surface area contributed by atoms with Gasteiger partial charge >= 0.3 is 5.97 Å². The van der Waals surface area contributed by atoms with Crippen LogP contribution in [-0.2, 0) is 19.1 Å². The summed E-state index contributed by atoms with van der Waals surface area (Å²) >= 11 is 12.3. The minimum atomic E-state index is -0.868. The van der Waals surface area contributed by atoms with E-state index in [1.54, 1.807) is 25.1 Å². The first-order chi connectivity index (χ1) is 11.8. The second-order valence-corrected chi connectivity index (χ2v) is 7.25. The van der Waals surface area contributed by atoms with E-state index in [1.165, 1.54) is 7.11 Å². The zero-order chi connectivity index (χ0) is 18.3. The molecule has 1 heterocycles. The average Bonchev–Trinajstić information content (AvgIpc) is 2.53. The standard InChI is InChI=1S/C18H17Cl2NO4/c1-8-5-13-16(17(23)15(8)18(24)25-2)11(7-14(22)21-13)10-4-3-9(19)6-12(10)20/h3-4,6,8,11,15H,5,7H2,1-2H3,(H,21,22)/t8-,11+,15-/m1/s1. The Hall–Kier alpha value is -1.85. The lowest BCUT2D eigenvalue weighted by Crippen LogP contribution is -2.44. The van der Waals surface area contributed by atoms with Gasteiger partial charge in [-0.25, -0.2) is 0 Å². The van der Waals surface area contributed by atoms with Crippen molar-refractivity contribution in [3.8, 4) is 0 Å². The van der Waals surface area contributed by atoms with Gasteiger partial charge in [0.1, 0.15) is 5.92 Å². The normalized spacial score (nSPS) is 26.2. The van der Waals surface area contributed by atoms with Gasteiger partial charge in [0.25, 0.3) is 0 Å². The first-order valence-corrected chi connectivity index (χ1v) is 8.69. The van der Waals surface area contributed by atoms with Gasteiger partial charge in [-0.2, -0.15) is 0 Å². The van der Waals surface area contributed by atoms with Gasteiger partial charge in [-0.05, 0) is 30.0 Å². The van der Waals surface area contributed by atoms with Crippen molar-refractivity contribution in [2.45, 2.75) is 25.7 Å². The van der Waals surface area contributed by atoms with E-state index in [9.17, 15) is 14.4 Å². The number of allylic oxidation sites excluding steroid dienone is 2. The van der Waals surface area contributed by atoms with Crippen molar-refractivity contribution in [3.63, 3.8) is 0 Å². The van der Waals surface area contributed by atoms with E-state index >= 15 is 0 Å². The van der Waals surface area contributed by atoms with E-state index in [0.717, 1.165) is 0 Å². The number of halogens is 2. The van der Waals surface area contributed by atoms with Crippen LogP contribution in [0.4, 0.5) is 0 Å². The second kappa shape index (κ2) is 6.81. The maximum atomic E-state index is 13.1. The molecule has 1 N–H and O–H groups in total. The molecular formula is C18H17Cl2NO4. The predicted octanol–water partition coefficient (Wildman–Crippen LogP) is 3.25. The fourth-order valence-corrected chi connectivity index (χ4v) is 4.19. The van der Waals surface area contributed by atoms with Crippen molar-refractivity contribution in [1.82, 2.24) is 5.32 Å². The number of nitrogens with one attached hydrogen (secondary N) is 1. The summed E-state index contributed by atoms with van der Waals surface area (Å²) in [6, 6.07) is 4.97. The fourth-order valence-electron chi connectivity index (χ4n) is 3.65. The molecule has 0 spiro atoms. The van der Waals surface area contributed by atoms with Crippen molar-refractivity contribution < 1.29 is 19.1 Å². The van der Waals surface area contributed by atoms with Crippen LogP contribution in [0.2, 0.25) is 10.0 Å². The van der Waals surface area contributed by atoms with Crippen LogP contribution < -0.4 is 5.32 Å². The van der Waals surface area contributed by atoms with Gasteiger partial charge in [-0.15, -0.1) is 0 Å². The highest BCUT2D eigenvalue weighted by molar-refractivity contribution is 6.35. The predicted molar refractivity (Wildman–Crippen MR) is 93.3 cm³/mol. The Morgan fingerprint density at radius 2 is 1.96 bits per heavy atom. The van der Waals surface area contributed by atoms with E-state index in [0.29, 0.717) is 33.3 Å². The zero-order valence-corrected chi connectivity index (χ0v) is 15.3. The summed E-state index contributed by atoms with van der Waals surface area (Å²) in [5, 5.41) is 3.65. The van der Waals surface area contributed by atoms with Crippen LogP contribution >= 0.6 is 23.2 Å². The highest BCUT2D eigenvalue weighted by Gasteiger charge is 2.45. The summed E-state index contributed by atoms with van der Waals surface area (Å²) < 4.78 is 4.80. The first-order valence-electron chi connectivity index (χ1n) is 7.93. The van der Waals surface area contributed by atoms with Crippen molar-refractivity contribution in [3.05, 3.63) is 45.1 Å². The topological polar surface area (TPSA) is 72.5 Å². The summed E-state index contributed by atoms with van der Waals surface area (Å²) in [4.78, 5) is 37.3. The molecule has 132 valence electrons. The van der Waals surface area contributed by atoms with Crippen LogP contribution in [0, 0.1) is 11.8 Å². The number of hydrogen-bond donors (Lipinski definition) is 1. The number of ketones is 1. The number of rotatable bonds is 2. The van der Waals surface area contributed by atoms with E-state index in [4.69, 9.17) is 27.9 Å². The summed E-state index contributed by atoms with van der Waals surface area (Å²) in [6.07, 6.45) is 0.516. The number of hydrogen-bond acceptors (Lipinski definition) is 4. The zero-order valence-electron chi connectivity index (χ0n) is 13.8. The molecule has 25 heavy (non-hydrogen) atoms. The van der Waals surface area contributed by atoms with Gasteiger partial charge in [-0.3, -0.25) is 14.4 Å². The molecule has 7 heteroatoms. The number of methoxy groups -OCH3 is 1. The Labute approximate surface area is 155 Å². The van der Waals surface area contributed by atoms with Crippen LogP contribution in [0.15, 0.2) is 29.5 Å². The monoisotopic (exact) mass is 381 g/mol. The number of benzene rings is 1. The van der Waals surface area contributed by atoms with Crippen LogP contribution in [0.25, 0.3) is 0 Å². The lowest BCUT2D eigenvalue weighted by Gasteiger charge is -2.36. The van der Waals surface area contributed by atoms with Crippen molar-refractivity contribution in [2.75, 3.05) is 7.11 Å². The molecule has 0 radical (unpaired) electrons. The van der Waals surface area contributed by atoms with Gasteiger partial charge in [-0.1, -0.05) is 36.2 Å². The van der Waals surface area contributed by atoms with Crippen LogP contribution in [-0.4, -0.2) is 24.8 Å². The Balaban J connectivity index is 2.10. The maximum absolute atomic E-state index is 13.1. The Morgan fingerprint density at radius 1 is 1.24 bits per heavy atom. The SMILES string of the molecule is COC(=O)[C@H]1C(=O)C2=C(C[C@H]1C)NC(=O)C[C@H]2c1ccc(Cl)cc1Cl. The number of esters is 1. The summed E-state index contributed by atoms with van der Waals surface area (Å²) in [5.74, 6) is -2.66. The van der Waals surface area contributed by atoms with E-state index < -0.39 is 17.8 Å². The van der Waals surface area contributed by atoms with Crippen molar-refractivity contribution in [2.24, 2.45) is 11.8 Å². The van der Waals surface area contributed by atoms with Crippen LogP contribution in [0.3, 0.4) is 0 Å². The molecular weight excluding hydrogens is 365 g/mol. The third-order valence-electron chi connectivity index (χ3n) is 4.79. The maximum Gasteiger partial charge on any atom is 0.316 e. The largest absolute Gasteiger partial charge is 0.468 e. The molecule has 1 amide bonds. The molecule has 2 aliphatic rings. The fraction of sp³-hybridized carbons (Fsp3) is 0.389. The van der Waals surface area contributed by atoms with Crippen molar-refractivity contribution >= 4 is 40.9 Å². The molecule has 1 aliphatic carbocycles. The lowest BCUT2D eigenvalue weighted by molar-refractivity contribution is -0.151. The molecule has 1 aromatic carbocycles. The third kappa shape index (κ3) is 3.18. The molecule has 1 aromatic rings. The molecule has 0 fully saturated rings. The minimum Gasteiger partial charge on any atom is -0.468 e. The van der Waals surface area contributed by atoms with Gasteiger partial charge in [0.05, 0.1) is 7.11 Å². The van der Waals surface area contributed by atoms with Gasteiger partial charge < -0.3 is 10.1 Å². The Morgan fingerprint density at radius 3 is 2.60 bits per heavy atom. The van der Waals surface area contributed by atoms with Gasteiger partial charge in [0.15, 0.2) is 5.78 Å². The van der Waals surface area contributed by atoms with Gasteiger partial charge in [0, 0.05) is 33.7 Å². The number of Topliss-reactive ketones (excluding diaryl/α,β-unsaturated/α-hetero) is 1. The first kappa shape index (κ1) is 18.0. The number of ether oxygens (including phenoxy) is 1. The van der Waals surface area contributed by atoms with Gasteiger partial charge in [0.2, 0.25) is 5.91 Å². The van der Waals surface area contributed by atoms with E-state index in [-0.39, 0.29) is 24.0 Å². The highest BCUT2D eigenvalue weighted by atomic mass is 35.5. The van der Waals surface area contributed by atoms with E-state index in [1.807, 2.05) is 0 Å². The minimum absolute atomic E-state index is 0.0915. The molecule has 3 atom stereocenters. The summed E-state index contributed by atoms with van der Waals surface area (Å²) in [7, 11) is 1.27. The number of carbonyl (C=O) groups excluding carboxylic acids is 3. The van der Waals surface area contributed by atoms with Crippen LogP contribution in [0.5, 0.6) is 0 Å². The van der Waals surface area contributed by atoms with Crippen LogP contribution in [0.1, 0.15) is 31.2 Å². The lowest BCUT2D eigenvalue weighted by atomic mass is 9.70. The summed E-state index contributed by atoms with van der Waals surface area (Å²) in [6.45, 7) is 1.80. The molecule has 0 aromatic heterocycles. The molecule has 5 nitrogen and oxygen atoms in total. The molecule has 0 saturated heterocycles. The quantitative estimate of drug-likeness (QED) is 0.630. The Kier molecular flexibility index (Phi) is 4.89. The molecule has 3 rings (SSSR count). The molecule has 0 saturated carbocycles. The highest BCUT2D eigenvalue weighted by Crippen LogP contribution is 2.44. The smallest absolute Gasteiger partial charge is 0.316 e. The van der Waals surface area contributed by atoms with E-state index in [2.05, 4.69) is 5.32 Å². The molecule has 0 unspecified atom stereocenters.